The third-order valence-electron chi connectivity index (χ3n) is 4.00. The number of ether oxygens (including phenoxy) is 1. The standard InChI is InChI=1S/C18H12FIN2O3S.C2H6/c1-8-3-10(16-11(4-8)22-14(24-2)7-21-16)13-6-9-5-12(23)15(19)18(26-20)17(9)25-13;1-2/h3-7,23H,1-2H3;1-2H3. The number of furan rings is 1. The number of methoxy groups -OCH3 is 1. The van der Waals surface area contributed by atoms with E-state index >= 15 is 0 Å². The van der Waals surface area contributed by atoms with Crippen LogP contribution in [-0.4, -0.2) is 22.2 Å². The lowest BCUT2D eigenvalue weighted by atomic mass is 10.1. The van der Waals surface area contributed by atoms with Gasteiger partial charge in [0, 0.05) is 32.2 Å². The summed E-state index contributed by atoms with van der Waals surface area (Å²) in [6, 6.07) is 6.98. The van der Waals surface area contributed by atoms with Crippen LogP contribution in [0.4, 0.5) is 4.39 Å². The van der Waals surface area contributed by atoms with E-state index in [-0.39, 0.29) is 4.90 Å². The Morgan fingerprint density at radius 3 is 2.64 bits per heavy atom. The third kappa shape index (κ3) is 3.62. The fourth-order valence-corrected chi connectivity index (χ4v) is 4.43. The molecule has 0 atom stereocenters. The van der Waals surface area contributed by atoms with Gasteiger partial charge in [0.25, 0.3) is 0 Å². The minimum atomic E-state index is -0.684. The Balaban J connectivity index is 0.00000109. The maximum Gasteiger partial charge on any atom is 0.232 e. The largest absolute Gasteiger partial charge is 0.505 e. The highest BCUT2D eigenvalue weighted by molar-refractivity contribution is 14.2. The molecule has 2 aromatic heterocycles. The summed E-state index contributed by atoms with van der Waals surface area (Å²) in [5, 5.41) is 10.4. The van der Waals surface area contributed by atoms with Crippen molar-refractivity contribution in [1.82, 2.24) is 9.97 Å². The lowest BCUT2D eigenvalue weighted by Gasteiger charge is -2.06. The topological polar surface area (TPSA) is 68.4 Å². The molecule has 0 bridgehead atoms. The molecule has 0 aliphatic heterocycles. The summed E-state index contributed by atoms with van der Waals surface area (Å²) in [6.45, 7) is 5.95. The van der Waals surface area contributed by atoms with Gasteiger partial charge in [-0.05, 0) is 45.7 Å². The zero-order chi connectivity index (χ0) is 20.4. The minimum Gasteiger partial charge on any atom is -0.505 e. The minimum absolute atomic E-state index is 0.261. The third-order valence-corrected chi connectivity index (χ3v) is 5.84. The Morgan fingerprint density at radius 2 is 1.96 bits per heavy atom. The molecule has 0 aliphatic carbocycles. The number of aromatic nitrogens is 2. The van der Waals surface area contributed by atoms with Gasteiger partial charge in [0.2, 0.25) is 5.88 Å². The highest BCUT2D eigenvalue weighted by Crippen LogP contribution is 2.42. The van der Waals surface area contributed by atoms with Crippen molar-refractivity contribution in [3.63, 3.8) is 0 Å². The monoisotopic (exact) mass is 512 g/mol. The molecule has 4 rings (SSSR count). The smallest absolute Gasteiger partial charge is 0.232 e. The molecule has 0 fully saturated rings. The van der Waals surface area contributed by atoms with Crippen LogP contribution in [0, 0.1) is 12.7 Å². The summed E-state index contributed by atoms with van der Waals surface area (Å²) < 4.78 is 25.3. The van der Waals surface area contributed by atoms with E-state index in [2.05, 4.69) is 9.97 Å². The first-order chi connectivity index (χ1) is 13.5. The van der Waals surface area contributed by atoms with Gasteiger partial charge in [-0.25, -0.2) is 14.4 Å². The van der Waals surface area contributed by atoms with Gasteiger partial charge in [-0.2, -0.15) is 0 Å². The van der Waals surface area contributed by atoms with Crippen LogP contribution in [0.25, 0.3) is 33.3 Å². The molecule has 146 valence electrons. The normalized spacial score (nSPS) is 10.8. The van der Waals surface area contributed by atoms with Crippen LogP contribution >= 0.6 is 30.1 Å². The second-order valence-corrected chi connectivity index (χ2v) is 7.62. The van der Waals surface area contributed by atoms with Crippen LogP contribution in [0.3, 0.4) is 0 Å². The molecule has 0 spiro atoms. The summed E-state index contributed by atoms with van der Waals surface area (Å²) >= 11 is 1.96. The first-order valence-corrected chi connectivity index (χ1v) is 11.9. The van der Waals surface area contributed by atoms with E-state index in [0.717, 1.165) is 20.1 Å². The molecule has 0 saturated carbocycles. The Labute approximate surface area is 177 Å². The summed E-state index contributed by atoms with van der Waals surface area (Å²) in [6.07, 6.45) is 1.54. The van der Waals surface area contributed by atoms with Crippen molar-refractivity contribution >= 4 is 52.1 Å². The average Bonchev–Trinajstić information content (AvgIpc) is 3.12. The summed E-state index contributed by atoms with van der Waals surface area (Å²) in [4.78, 5) is 9.13. The summed E-state index contributed by atoms with van der Waals surface area (Å²) in [5.74, 6) is -0.127. The average molecular weight is 512 g/mol. The lowest BCUT2D eigenvalue weighted by Crippen LogP contribution is -1.93. The Kier molecular flexibility index (Phi) is 6.29. The fraction of sp³-hybridized carbons (Fsp3) is 0.200. The number of nitrogens with zero attached hydrogens (tertiary/aromatic N) is 2. The predicted octanol–water partition coefficient (Wildman–Crippen LogP) is 6.67. The van der Waals surface area contributed by atoms with Crippen molar-refractivity contribution in [2.45, 2.75) is 25.7 Å². The number of phenolic OH excluding ortho intramolecular Hbond substituents is 1. The molecule has 28 heavy (non-hydrogen) atoms. The highest BCUT2D eigenvalue weighted by Gasteiger charge is 2.19. The SMILES string of the molecule is CC.COc1cnc2c(-c3cc4cc(O)c(F)c(SI)c4o3)cc(C)cc2n1. The molecule has 8 heteroatoms. The van der Waals surface area contributed by atoms with E-state index in [1.165, 1.54) is 13.2 Å². The Bertz CT molecular complexity index is 1160. The maximum absolute atomic E-state index is 14.2. The highest BCUT2D eigenvalue weighted by atomic mass is 127. The van der Waals surface area contributed by atoms with E-state index in [1.54, 1.807) is 12.3 Å². The number of aryl methyl sites for hydroxylation is 1. The van der Waals surface area contributed by atoms with Gasteiger partial charge in [0.15, 0.2) is 17.1 Å². The molecule has 2 aromatic carbocycles. The van der Waals surface area contributed by atoms with Crippen LogP contribution < -0.4 is 4.74 Å². The van der Waals surface area contributed by atoms with Gasteiger partial charge >= 0.3 is 0 Å². The predicted molar refractivity (Wildman–Crippen MR) is 119 cm³/mol. The number of hydrogen-bond donors (Lipinski definition) is 1. The number of hydrogen-bond acceptors (Lipinski definition) is 6. The maximum atomic E-state index is 14.2. The molecule has 0 amide bonds. The molecule has 0 aliphatic rings. The molecule has 1 N–H and O–H groups in total. The zero-order valence-electron chi connectivity index (χ0n) is 15.7. The van der Waals surface area contributed by atoms with Crippen molar-refractivity contribution in [1.29, 1.82) is 0 Å². The van der Waals surface area contributed by atoms with Crippen LogP contribution in [0.2, 0.25) is 0 Å². The molecule has 2 heterocycles. The first kappa shape index (κ1) is 20.7. The Morgan fingerprint density at radius 1 is 1.21 bits per heavy atom. The fourth-order valence-electron chi connectivity index (χ4n) is 2.85. The zero-order valence-corrected chi connectivity index (χ0v) is 18.7. The van der Waals surface area contributed by atoms with Crippen LogP contribution in [-0.2, 0) is 0 Å². The molecule has 5 nitrogen and oxygen atoms in total. The van der Waals surface area contributed by atoms with E-state index in [4.69, 9.17) is 9.15 Å². The van der Waals surface area contributed by atoms with Gasteiger partial charge in [-0.3, -0.25) is 0 Å². The van der Waals surface area contributed by atoms with Crippen LogP contribution in [0.5, 0.6) is 11.6 Å². The van der Waals surface area contributed by atoms with E-state index in [1.807, 2.05) is 54.1 Å². The quantitative estimate of drug-likeness (QED) is 0.309. The van der Waals surface area contributed by atoms with Gasteiger partial charge in [0.05, 0.1) is 24.3 Å². The summed E-state index contributed by atoms with van der Waals surface area (Å²) in [7, 11) is 2.69. The first-order valence-electron chi connectivity index (χ1n) is 8.57. The second kappa shape index (κ2) is 8.52. The number of aromatic hydroxyl groups is 1. The van der Waals surface area contributed by atoms with Crippen molar-refractivity contribution in [2.24, 2.45) is 0 Å². The van der Waals surface area contributed by atoms with Gasteiger partial charge in [-0.1, -0.05) is 13.8 Å². The lowest BCUT2D eigenvalue weighted by molar-refractivity contribution is 0.397. The number of phenols is 1. The molecular weight excluding hydrogens is 494 g/mol. The number of rotatable bonds is 3. The molecule has 0 unspecified atom stereocenters. The number of benzene rings is 2. The van der Waals surface area contributed by atoms with Crippen LogP contribution in [0.15, 0.2) is 39.8 Å². The van der Waals surface area contributed by atoms with Gasteiger partial charge in [0.1, 0.15) is 10.7 Å². The van der Waals surface area contributed by atoms with E-state index < -0.39 is 11.6 Å². The van der Waals surface area contributed by atoms with Gasteiger partial charge in [-0.15, -0.1) is 0 Å². The van der Waals surface area contributed by atoms with E-state index in [9.17, 15) is 9.50 Å². The van der Waals surface area contributed by atoms with Crippen molar-refractivity contribution in [3.8, 4) is 23.0 Å². The summed E-state index contributed by atoms with van der Waals surface area (Å²) in [5.41, 5.74) is 3.45. The van der Waals surface area contributed by atoms with Crippen molar-refractivity contribution < 1.29 is 18.7 Å². The van der Waals surface area contributed by atoms with Crippen molar-refractivity contribution in [3.05, 3.63) is 41.8 Å². The molecule has 4 aromatic rings. The van der Waals surface area contributed by atoms with Crippen LogP contribution in [0.1, 0.15) is 19.4 Å². The van der Waals surface area contributed by atoms with Gasteiger partial charge < -0.3 is 14.3 Å². The number of fused-ring (bicyclic) bond motifs is 2. The molecule has 0 radical (unpaired) electrons. The van der Waals surface area contributed by atoms with E-state index in [0.29, 0.717) is 33.6 Å². The second-order valence-electron chi connectivity index (χ2n) is 5.74. The number of halogens is 2. The van der Waals surface area contributed by atoms with Crippen molar-refractivity contribution in [2.75, 3.05) is 7.11 Å². The Hall–Kier alpha value is -2.07. The molecular formula is C20H18FIN2O3S. The molecule has 0 saturated heterocycles.